The van der Waals surface area contributed by atoms with E-state index >= 15 is 0 Å². The first-order valence-corrected chi connectivity index (χ1v) is 18.5. The molecule has 0 N–H and O–H groups in total. The van der Waals surface area contributed by atoms with Crippen molar-refractivity contribution in [3.05, 3.63) is 108 Å². The summed E-state index contributed by atoms with van der Waals surface area (Å²) in [5.74, 6) is 1.34. The third-order valence-corrected chi connectivity index (χ3v) is 8.91. The molecule has 0 unspecified atom stereocenters. The number of benzene rings is 4. The first kappa shape index (κ1) is 40.7. The van der Waals surface area contributed by atoms with Crippen LogP contribution in [0.1, 0.15) is 76.3 Å². The van der Waals surface area contributed by atoms with Crippen LogP contribution in [-0.2, 0) is 33.1 Å². The van der Waals surface area contributed by atoms with E-state index in [0.29, 0.717) is 24.3 Å². The van der Waals surface area contributed by atoms with Crippen molar-refractivity contribution in [2.45, 2.75) is 87.8 Å². The van der Waals surface area contributed by atoms with Crippen molar-refractivity contribution < 1.29 is 35.4 Å². The Labute approximate surface area is 310 Å². The van der Waals surface area contributed by atoms with Crippen LogP contribution in [0, 0.1) is 0 Å². The Balaban J connectivity index is 0.000000320. The third kappa shape index (κ3) is 13.9. The second-order valence-electron chi connectivity index (χ2n) is 10.8. The van der Waals surface area contributed by atoms with Crippen LogP contribution in [0.4, 0.5) is 0 Å². The Morgan fingerprint density at radius 1 is 0.489 bits per heavy atom. The molecule has 4 rings (SSSR count). The molecule has 4 aromatic carbocycles. The Hall–Kier alpha value is -2.44. The van der Waals surface area contributed by atoms with E-state index < -0.39 is 20.2 Å². The van der Waals surface area contributed by atoms with Crippen molar-refractivity contribution in [2.75, 3.05) is 0 Å². The molecule has 0 bridgehead atoms. The normalized spacial score (nSPS) is 11.1. The van der Waals surface area contributed by atoms with E-state index in [4.69, 9.17) is 9.47 Å². The number of rotatable bonds is 16. The molecular weight excluding hydrogens is 665 g/mol. The van der Waals surface area contributed by atoms with Gasteiger partial charge in [-0.3, -0.25) is 0 Å². The Kier molecular flexibility index (Phi) is 18.0. The predicted molar refractivity (Wildman–Crippen MR) is 183 cm³/mol. The third-order valence-electron chi connectivity index (χ3n) is 7.19. The van der Waals surface area contributed by atoms with Gasteiger partial charge in [-0.25, -0.2) is 16.8 Å². The van der Waals surface area contributed by atoms with E-state index in [2.05, 4.69) is 13.8 Å². The van der Waals surface area contributed by atoms with Gasteiger partial charge in [0, 0.05) is 0 Å². The molecule has 0 aliphatic rings. The number of para-hydroxylation sites is 4. The summed E-state index contributed by atoms with van der Waals surface area (Å²) in [7, 11) is -9.17. The first-order valence-electron chi connectivity index (χ1n) is 15.7. The monoisotopic (exact) mass is 706 g/mol. The summed E-state index contributed by atoms with van der Waals surface area (Å²) in [4.78, 5) is -0.594. The molecule has 248 valence electrons. The standard InChI is InChI=1S/2C18H22O4S.Ca/c2*1-2-3-4-6-10-15-11-9-14-17(23(19,20)21)18(15)22-16-12-7-5-8-13-16;/h2*5,7-9,11-14H,2-4,6,10H2,1H3,(H,19,20,21);/q;;+2/p-2. The maximum Gasteiger partial charge on any atom is 2.00 e. The van der Waals surface area contributed by atoms with Crippen molar-refractivity contribution in [1.29, 1.82) is 0 Å². The second kappa shape index (κ2) is 20.8. The zero-order valence-electron chi connectivity index (χ0n) is 27.1. The van der Waals surface area contributed by atoms with E-state index in [0.717, 1.165) is 62.5 Å². The van der Waals surface area contributed by atoms with Crippen LogP contribution in [-0.4, -0.2) is 63.7 Å². The van der Waals surface area contributed by atoms with Gasteiger partial charge in [-0.15, -0.1) is 0 Å². The number of hydrogen-bond donors (Lipinski definition) is 0. The smallest absolute Gasteiger partial charge is 0.744 e. The number of hydrogen-bond acceptors (Lipinski definition) is 8. The minimum Gasteiger partial charge on any atom is -0.744 e. The van der Waals surface area contributed by atoms with Crippen LogP contribution >= 0.6 is 0 Å². The molecular formula is C36H42CaO8S2. The Morgan fingerprint density at radius 3 is 1.17 bits per heavy atom. The zero-order valence-corrected chi connectivity index (χ0v) is 30.9. The molecule has 0 aromatic heterocycles. The second-order valence-corrected chi connectivity index (χ2v) is 13.5. The topological polar surface area (TPSA) is 133 Å². The van der Waals surface area contributed by atoms with Gasteiger partial charge < -0.3 is 18.6 Å². The average Bonchev–Trinajstić information content (AvgIpc) is 3.03. The van der Waals surface area contributed by atoms with E-state index in [-0.39, 0.29) is 59.0 Å². The summed E-state index contributed by atoms with van der Waals surface area (Å²) in [6, 6.07) is 27.2. The molecule has 0 atom stereocenters. The fraction of sp³-hybridized carbons (Fsp3) is 0.333. The van der Waals surface area contributed by atoms with Crippen LogP contribution in [0.25, 0.3) is 0 Å². The quantitative estimate of drug-likeness (QED) is 0.0643. The van der Waals surface area contributed by atoms with Crippen molar-refractivity contribution >= 4 is 58.0 Å². The molecule has 0 aliphatic carbocycles. The number of unbranched alkanes of at least 4 members (excludes halogenated alkanes) is 6. The predicted octanol–water partition coefficient (Wildman–Crippen LogP) is 8.63. The van der Waals surface area contributed by atoms with Crippen LogP contribution in [0.15, 0.2) is 107 Å². The van der Waals surface area contributed by atoms with Crippen molar-refractivity contribution in [2.24, 2.45) is 0 Å². The fourth-order valence-electron chi connectivity index (χ4n) is 4.84. The summed E-state index contributed by atoms with van der Waals surface area (Å²) in [6.45, 7) is 4.27. The maximum absolute atomic E-state index is 11.5. The van der Waals surface area contributed by atoms with Gasteiger partial charge in [0.25, 0.3) is 0 Å². The van der Waals surface area contributed by atoms with Gasteiger partial charge >= 0.3 is 37.7 Å². The largest absolute Gasteiger partial charge is 2.00 e. The maximum atomic E-state index is 11.5. The van der Waals surface area contributed by atoms with Gasteiger partial charge in [-0.2, -0.15) is 0 Å². The molecule has 0 heterocycles. The summed E-state index contributed by atoms with van der Waals surface area (Å²) in [6.07, 6.45) is 9.89. The van der Waals surface area contributed by atoms with Crippen LogP contribution in [0.5, 0.6) is 23.0 Å². The molecule has 0 saturated carbocycles. The zero-order chi connectivity index (χ0) is 33.4. The molecule has 0 amide bonds. The molecule has 47 heavy (non-hydrogen) atoms. The van der Waals surface area contributed by atoms with Gasteiger partial charge in [-0.05, 0) is 73.2 Å². The minimum atomic E-state index is -4.59. The van der Waals surface area contributed by atoms with Crippen LogP contribution < -0.4 is 9.47 Å². The van der Waals surface area contributed by atoms with Gasteiger partial charge in [0.15, 0.2) is 0 Å². The minimum absolute atomic E-state index is 0. The van der Waals surface area contributed by atoms with Gasteiger partial charge in [0.05, 0.1) is 9.79 Å². The molecule has 4 aromatic rings. The van der Waals surface area contributed by atoms with Crippen LogP contribution in [0.3, 0.4) is 0 Å². The van der Waals surface area contributed by atoms with E-state index in [1.54, 1.807) is 60.7 Å². The molecule has 11 heteroatoms. The summed E-state index contributed by atoms with van der Waals surface area (Å²) < 4.78 is 80.7. The van der Waals surface area contributed by atoms with E-state index in [1.807, 2.05) is 24.3 Å². The fourth-order valence-corrected chi connectivity index (χ4v) is 6.13. The summed E-state index contributed by atoms with van der Waals surface area (Å²) in [5, 5.41) is 0. The van der Waals surface area contributed by atoms with Crippen molar-refractivity contribution in [1.82, 2.24) is 0 Å². The van der Waals surface area contributed by atoms with Crippen molar-refractivity contribution in [3.63, 3.8) is 0 Å². The SMILES string of the molecule is CCCCCCc1cccc(S(=O)(=O)[O-])c1Oc1ccccc1.CCCCCCc1cccc(S(=O)(=O)[O-])c1Oc1ccccc1.[Ca+2]. The van der Waals surface area contributed by atoms with Gasteiger partial charge in [0.2, 0.25) is 0 Å². The number of ether oxygens (including phenoxy) is 2. The van der Waals surface area contributed by atoms with Crippen LogP contribution in [0.2, 0.25) is 0 Å². The molecule has 0 radical (unpaired) electrons. The molecule has 0 aliphatic heterocycles. The first-order chi connectivity index (χ1) is 22.0. The molecule has 0 saturated heterocycles. The van der Waals surface area contributed by atoms with E-state index in [9.17, 15) is 25.9 Å². The summed E-state index contributed by atoms with van der Waals surface area (Å²) >= 11 is 0. The van der Waals surface area contributed by atoms with Gasteiger partial charge in [-0.1, -0.05) is 113 Å². The molecule has 0 fully saturated rings. The molecule has 0 spiro atoms. The molecule has 8 nitrogen and oxygen atoms in total. The Bertz CT molecular complexity index is 1580. The number of aryl methyl sites for hydroxylation is 2. The van der Waals surface area contributed by atoms with E-state index in [1.165, 1.54) is 12.1 Å². The van der Waals surface area contributed by atoms with Gasteiger partial charge in [0.1, 0.15) is 43.2 Å². The summed E-state index contributed by atoms with van der Waals surface area (Å²) in [5.41, 5.74) is 1.50. The average molecular weight is 707 g/mol. The Morgan fingerprint density at radius 2 is 0.851 bits per heavy atom. The van der Waals surface area contributed by atoms with Crippen molar-refractivity contribution in [3.8, 4) is 23.0 Å².